The molecule has 104 valence electrons. The fourth-order valence-corrected chi connectivity index (χ4v) is 2.59. The quantitative estimate of drug-likeness (QED) is 0.854. The molecule has 0 saturated carbocycles. The number of likely N-dealkylation sites (tertiary alicyclic amines) is 1. The number of carbonyl (C=O) groups is 1. The van der Waals surface area contributed by atoms with Gasteiger partial charge in [0.15, 0.2) is 0 Å². The molecule has 4 nitrogen and oxygen atoms in total. The molecule has 1 N–H and O–H groups in total. The van der Waals surface area contributed by atoms with E-state index in [1.165, 1.54) is 0 Å². The number of ether oxygens (including phenoxy) is 1. The van der Waals surface area contributed by atoms with Crippen LogP contribution in [0.4, 0.5) is 0 Å². The van der Waals surface area contributed by atoms with E-state index in [0.717, 1.165) is 31.8 Å². The van der Waals surface area contributed by atoms with Crippen molar-refractivity contribution in [3.8, 4) is 5.75 Å². The highest BCUT2D eigenvalue weighted by Gasteiger charge is 2.33. The van der Waals surface area contributed by atoms with Gasteiger partial charge in [-0.05, 0) is 37.6 Å². The van der Waals surface area contributed by atoms with Gasteiger partial charge in [-0.3, -0.25) is 4.79 Å². The summed E-state index contributed by atoms with van der Waals surface area (Å²) < 4.78 is 5.61. The van der Waals surface area contributed by atoms with Gasteiger partial charge >= 0.3 is 5.97 Å². The topological polar surface area (TPSA) is 49.8 Å². The van der Waals surface area contributed by atoms with Crippen molar-refractivity contribution in [2.45, 2.75) is 13.3 Å². The Kier molecular flexibility index (Phi) is 4.80. The Morgan fingerprint density at radius 2 is 2.21 bits per heavy atom. The van der Waals surface area contributed by atoms with E-state index in [1.807, 2.05) is 30.3 Å². The summed E-state index contributed by atoms with van der Waals surface area (Å²) in [5.41, 5.74) is 0. The number of rotatable bonds is 6. The van der Waals surface area contributed by atoms with Crippen molar-refractivity contribution in [2.75, 3.05) is 26.2 Å². The summed E-state index contributed by atoms with van der Waals surface area (Å²) in [5.74, 6) is -0.240. The molecule has 1 saturated heterocycles. The Labute approximate surface area is 114 Å². The standard InChI is InChI=1S/C15H21NO3/c1-2-16-9-8-12(10-16)14(15(17)18)11-19-13-6-4-3-5-7-13/h3-7,12,14H,2,8-11H2,1H3,(H,17,18). The molecule has 4 heteroatoms. The van der Waals surface area contributed by atoms with Crippen molar-refractivity contribution in [3.63, 3.8) is 0 Å². The normalized spacial score (nSPS) is 21.2. The van der Waals surface area contributed by atoms with Gasteiger partial charge in [0.1, 0.15) is 12.4 Å². The lowest BCUT2D eigenvalue weighted by molar-refractivity contribution is -0.144. The summed E-state index contributed by atoms with van der Waals surface area (Å²) >= 11 is 0. The molecule has 0 bridgehead atoms. The predicted octanol–water partition coefficient (Wildman–Crippen LogP) is 2.11. The van der Waals surface area contributed by atoms with Crippen molar-refractivity contribution in [3.05, 3.63) is 30.3 Å². The highest BCUT2D eigenvalue weighted by atomic mass is 16.5. The van der Waals surface area contributed by atoms with Crippen molar-refractivity contribution in [2.24, 2.45) is 11.8 Å². The summed E-state index contributed by atoms with van der Waals surface area (Å²) in [6.07, 6.45) is 0.947. The number of para-hydroxylation sites is 1. The molecule has 0 aromatic heterocycles. The molecule has 0 radical (unpaired) electrons. The number of aliphatic carboxylic acids is 1. The maximum Gasteiger partial charge on any atom is 0.310 e. The number of nitrogens with zero attached hydrogens (tertiary/aromatic N) is 1. The Hall–Kier alpha value is -1.55. The Morgan fingerprint density at radius 1 is 1.47 bits per heavy atom. The lowest BCUT2D eigenvalue weighted by Crippen LogP contribution is -2.31. The van der Waals surface area contributed by atoms with Gasteiger partial charge in [-0.15, -0.1) is 0 Å². The number of carboxylic acids is 1. The third-order valence-electron chi connectivity index (χ3n) is 3.82. The number of hydrogen-bond donors (Lipinski definition) is 1. The molecule has 0 spiro atoms. The molecule has 2 atom stereocenters. The molecule has 0 aliphatic carbocycles. The molecule has 19 heavy (non-hydrogen) atoms. The molecule has 1 aromatic rings. The maximum atomic E-state index is 11.4. The van der Waals surface area contributed by atoms with Crippen LogP contribution in [0.3, 0.4) is 0 Å². The summed E-state index contributed by atoms with van der Waals surface area (Å²) in [5, 5.41) is 9.37. The van der Waals surface area contributed by atoms with E-state index in [9.17, 15) is 9.90 Å². The molecular formula is C15H21NO3. The van der Waals surface area contributed by atoms with Crippen LogP contribution in [0.15, 0.2) is 30.3 Å². The van der Waals surface area contributed by atoms with Crippen molar-refractivity contribution < 1.29 is 14.6 Å². The zero-order chi connectivity index (χ0) is 13.7. The van der Waals surface area contributed by atoms with Gasteiger partial charge in [-0.25, -0.2) is 0 Å². The van der Waals surface area contributed by atoms with E-state index in [0.29, 0.717) is 0 Å². The SMILES string of the molecule is CCN1CCC(C(COc2ccccc2)C(=O)O)C1. The Balaban J connectivity index is 1.92. The van der Waals surface area contributed by atoms with Crippen LogP contribution >= 0.6 is 0 Å². The van der Waals surface area contributed by atoms with Crippen molar-refractivity contribution >= 4 is 5.97 Å². The van der Waals surface area contributed by atoms with Gasteiger partial charge in [-0.1, -0.05) is 25.1 Å². The molecule has 1 heterocycles. The summed E-state index contributed by atoms with van der Waals surface area (Å²) in [7, 11) is 0. The average Bonchev–Trinajstić information content (AvgIpc) is 2.88. The van der Waals surface area contributed by atoms with E-state index in [2.05, 4.69) is 11.8 Å². The first-order chi connectivity index (χ1) is 9.20. The van der Waals surface area contributed by atoms with Crippen LogP contribution < -0.4 is 4.74 Å². The third kappa shape index (κ3) is 3.70. The fourth-order valence-electron chi connectivity index (χ4n) is 2.59. The molecule has 1 fully saturated rings. The highest BCUT2D eigenvalue weighted by molar-refractivity contribution is 5.70. The summed E-state index contributed by atoms with van der Waals surface area (Å²) in [6.45, 7) is 5.21. The molecule has 0 amide bonds. The molecule has 2 unspecified atom stereocenters. The van der Waals surface area contributed by atoms with Gasteiger partial charge in [0.25, 0.3) is 0 Å². The zero-order valence-corrected chi connectivity index (χ0v) is 11.3. The van der Waals surface area contributed by atoms with E-state index in [4.69, 9.17) is 4.74 Å². The van der Waals surface area contributed by atoms with Gasteiger partial charge in [0.2, 0.25) is 0 Å². The fraction of sp³-hybridized carbons (Fsp3) is 0.533. The first kappa shape index (κ1) is 13.9. The van der Waals surface area contributed by atoms with Crippen LogP contribution in [0, 0.1) is 11.8 Å². The zero-order valence-electron chi connectivity index (χ0n) is 11.3. The summed E-state index contributed by atoms with van der Waals surface area (Å²) in [4.78, 5) is 13.7. The number of benzene rings is 1. The minimum Gasteiger partial charge on any atom is -0.493 e. The predicted molar refractivity (Wildman–Crippen MR) is 73.3 cm³/mol. The van der Waals surface area contributed by atoms with E-state index in [1.54, 1.807) is 0 Å². The first-order valence-electron chi connectivity index (χ1n) is 6.83. The lowest BCUT2D eigenvalue weighted by Gasteiger charge is -2.20. The summed E-state index contributed by atoms with van der Waals surface area (Å²) in [6, 6.07) is 9.40. The monoisotopic (exact) mass is 263 g/mol. The van der Waals surface area contributed by atoms with Crippen LogP contribution in [0.1, 0.15) is 13.3 Å². The second-order valence-electron chi connectivity index (χ2n) is 5.01. The highest BCUT2D eigenvalue weighted by Crippen LogP contribution is 2.25. The van der Waals surface area contributed by atoms with Crippen molar-refractivity contribution in [1.82, 2.24) is 4.90 Å². The first-order valence-corrected chi connectivity index (χ1v) is 6.83. The largest absolute Gasteiger partial charge is 0.493 e. The lowest BCUT2D eigenvalue weighted by atomic mass is 9.92. The van der Waals surface area contributed by atoms with E-state index >= 15 is 0 Å². The second kappa shape index (κ2) is 6.57. The molecule has 2 rings (SSSR count). The van der Waals surface area contributed by atoms with Gasteiger partial charge in [0.05, 0.1) is 5.92 Å². The number of hydrogen-bond acceptors (Lipinski definition) is 3. The van der Waals surface area contributed by atoms with Crippen LogP contribution in [0.2, 0.25) is 0 Å². The average molecular weight is 263 g/mol. The second-order valence-corrected chi connectivity index (χ2v) is 5.01. The Morgan fingerprint density at radius 3 is 2.79 bits per heavy atom. The van der Waals surface area contributed by atoms with Gasteiger partial charge < -0.3 is 14.7 Å². The number of carboxylic acid groups (broad SMARTS) is 1. The van der Waals surface area contributed by atoms with Crippen molar-refractivity contribution in [1.29, 1.82) is 0 Å². The van der Waals surface area contributed by atoms with Crippen LogP contribution in [0.25, 0.3) is 0 Å². The third-order valence-corrected chi connectivity index (χ3v) is 3.82. The Bertz CT molecular complexity index is 407. The molecule has 1 aliphatic heterocycles. The van der Waals surface area contributed by atoms with Gasteiger partial charge in [-0.2, -0.15) is 0 Å². The van der Waals surface area contributed by atoms with E-state index in [-0.39, 0.29) is 12.5 Å². The van der Waals surface area contributed by atoms with E-state index < -0.39 is 11.9 Å². The smallest absolute Gasteiger partial charge is 0.310 e. The minimum atomic E-state index is -0.751. The van der Waals surface area contributed by atoms with Crippen LogP contribution in [-0.4, -0.2) is 42.2 Å². The molecule has 1 aliphatic rings. The molecular weight excluding hydrogens is 242 g/mol. The van der Waals surface area contributed by atoms with Crippen LogP contribution in [-0.2, 0) is 4.79 Å². The van der Waals surface area contributed by atoms with Gasteiger partial charge in [0, 0.05) is 6.54 Å². The van der Waals surface area contributed by atoms with Crippen LogP contribution in [0.5, 0.6) is 5.75 Å². The maximum absolute atomic E-state index is 11.4. The molecule has 1 aromatic carbocycles. The minimum absolute atomic E-state index is 0.196.